The van der Waals surface area contributed by atoms with Crippen LogP contribution in [0.5, 0.6) is 11.5 Å². The van der Waals surface area contributed by atoms with Gasteiger partial charge in [0.05, 0.1) is 12.7 Å². The first-order valence-electron chi connectivity index (χ1n) is 4.51. The van der Waals surface area contributed by atoms with Crippen molar-refractivity contribution in [1.82, 2.24) is 0 Å². The van der Waals surface area contributed by atoms with Crippen LogP contribution in [-0.4, -0.2) is 19.5 Å². The number of nitrogens with zero attached hydrogens (tertiary/aromatic N) is 1. The van der Waals surface area contributed by atoms with Crippen molar-refractivity contribution in [2.75, 3.05) is 7.11 Å². The van der Waals surface area contributed by atoms with E-state index in [2.05, 4.69) is 0 Å². The Labute approximate surface area is 98.3 Å². The highest BCUT2D eigenvalue weighted by Gasteiger charge is 2.14. The fourth-order valence-electron chi connectivity index (χ4n) is 1.16. The fourth-order valence-corrected chi connectivity index (χ4v) is 1.37. The fraction of sp³-hybridized carbons (Fsp3) is 0.273. The lowest BCUT2D eigenvalue weighted by Crippen LogP contribution is -2.10. The largest absolute Gasteiger partial charge is 0.493 e. The Morgan fingerprint density at radius 2 is 2.25 bits per heavy atom. The van der Waals surface area contributed by atoms with Gasteiger partial charge in [0.25, 0.3) is 0 Å². The second-order valence-corrected chi connectivity index (χ2v) is 3.47. The lowest BCUT2D eigenvalue weighted by molar-refractivity contribution is 0.111. The standard InChI is InChI=1S/C11H10ClNO3/c1-7(5-13)16-11-8(6-14)3-9(12)4-10(11)15-2/h3-4,6-7H,1-2H3. The van der Waals surface area contributed by atoms with E-state index in [-0.39, 0.29) is 11.3 Å². The SMILES string of the molecule is COc1cc(Cl)cc(C=O)c1OC(C)C#N. The second-order valence-electron chi connectivity index (χ2n) is 3.03. The first-order valence-corrected chi connectivity index (χ1v) is 4.89. The average molecular weight is 240 g/mol. The summed E-state index contributed by atoms with van der Waals surface area (Å²) in [7, 11) is 1.43. The van der Waals surface area contributed by atoms with Crippen LogP contribution in [0.15, 0.2) is 12.1 Å². The number of aldehydes is 1. The van der Waals surface area contributed by atoms with Crippen molar-refractivity contribution in [2.24, 2.45) is 0 Å². The Kier molecular flexibility index (Phi) is 4.15. The summed E-state index contributed by atoms with van der Waals surface area (Å²) in [4.78, 5) is 10.8. The maximum atomic E-state index is 10.8. The normalized spacial score (nSPS) is 11.4. The van der Waals surface area contributed by atoms with Gasteiger partial charge in [-0.25, -0.2) is 0 Å². The van der Waals surface area contributed by atoms with Crippen LogP contribution in [0.25, 0.3) is 0 Å². The van der Waals surface area contributed by atoms with E-state index >= 15 is 0 Å². The van der Waals surface area contributed by atoms with Crippen LogP contribution in [0, 0.1) is 11.3 Å². The van der Waals surface area contributed by atoms with E-state index < -0.39 is 6.10 Å². The molecule has 5 heteroatoms. The molecule has 0 fully saturated rings. The molecule has 0 radical (unpaired) electrons. The van der Waals surface area contributed by atoms with Gasteiger partial charge >= 0.3 is 0 Å². The maximum Gasteiger partial charge on any atom is 0.181 e. The minimum absolute atomic E-state index is 0.232. The summed E-state index contributed by atoms with van der Waals surface area (Å²) in [6.45, 7) is 1.57. The van der Waals surface area contributed by atoms with Crippen LogP contribution in [-0.2, 0) is 0 Å². The topological polar surface area (TPSA) is 59.3 Å². The summed E-state index contributed by atoms with van der Waals surface area (Å²) in [6.07, 6.45) is -0.0674. The van der Waals surface area contributed by atoms with E-state index in [9.17, 15) is 4.79 Å². The van der Waals surface area contributed by atoms with Crippen LogP contribution in [0.4, 0.5) is 0 Å². The number of benzene rings is 1. The molecule has 1 atom stereocenters. The van der Waals surface area contributed by atoms with Crippen molar-refractivity contribution in [1.29, 1.82) is 5.26 Å². The Hall–Kier alpha value is -1.73. The number of methoxy groups -OCH3 is 1. The number of carbonyl (C=O) groups excluding carboxylic acids is 1. The molecule has 0 saturated carbocycles. The van der Waals surface area contributed by atoms with E-state index in [1.54, 1.807) is 6.92 Å². The van der Waals surface area contributed by atoms with Gasteiger partial charge in [0.15, 0.2) is 23.9 Å². The van der Waals surface area contributed by atoms with Crippen molar-refractivity contribution in [3.63, 3.8) is 0 Å². The smallest absolute Gasteiger partial charge is 0.181 e. The summed E-state index contributed by atoms with van der Waals surface area (Å²) in [5.74, 6) is 0.563. The molecular weight excluding hydrogens is 230 g/mol. The number of halogens is 1. The van der Waals surface area contributed by atoms with Gasteiger partial charge in [-0.15, -0.1) is 0 Å². The van der Waals surface area contributed by atoms with Gasteiger partial charge in [-0.1, -0.05) is 11.6 Å². The Balaban J connectivity index is 3.23. The average Bonchev–Trinajstić information content (AvgIpc) is 2.30. The molecule has 1 rings (SSSR count). The lowest BCUT2D eigenvalue weighted by Gasteiger charge is -2.14. The van der Waals surface area contributed by atoms with Crippen molar-refractivity contribution in [3.05, 3.63) is 22.7 Å². The highest BCUT2D eigenvalue weighted by atomic mass is 35.5. The highest BCUT2D eigenvalue weighted by molar-refractivity contribution is 6.31. The van der Waals surface area contributed by atoms with Gasteiger partial charge in [-0.3, -0.25) is 4.79 Å². The molecule has 0 N–H and O–H groups in total. The minimum atomic E-state index is -0.672. The van der Waals surface area contributed by atoms with Crippen LogP contribution >= 0.6 is 11.6 Å². The zero-order valence-electron chi connectivity index (χ0n) is 8.86. The van der Waals surface area contributed by atoms with Crippen LogP contribution in [0.2, 0.25) is 5.02 Å². The lowest BCUT2D eigenvalue weighted by atomic mass is 10.2. The number of hydrogen-bond donors (Lipinski definition) is 0. The quantitative estimate of drug-likeness (QED) is 0.758. The zero-order valence-corrected chi connectivity index (χ0v) is 9.62. The molecule has 0 aliphatic heterocycles. The van der Waals surface area contributed by atoms with E-state index in [0.29, 0.717) is 17.1 Å². The molecule has 0 aromatic heterocycles. The number of rotatable bonds is 4. The molecule has 0 spiro atoms. The maximum absolute atomic E-state index is 10.8. The molecule has 1 aromatic rings. The van der Waals surface area contributed by atoms with E-state index in [0.717, 1.165) is 0 Å². The molecule has 0 bridgehead atoms. The van der Waals surface area contributed by atoms with Gasteiger partial charge in [0.2, 0.25) is 0 Å². The molecule has 16 heavy (non-hydrogen) atoms. The summed E-state index contributed by atoms with van der Waals surface area (Å²) in [6, 6.07) is 4.88. The van der Waals surface area contributed by atoms with Crippen molar-refractivity contribution >= 4 is 17.9 Å². The Morgan fingerprint density at radius 1 is 1.56 bits per heavy atom. The van der Waals surface area contributed by atoms with Crippen molar-refractivity contribution in [2.45, 2.75) is 13.0 Å². The predicted octanol–water partition coefficient (Wildman–Crippen LogP) is 2.45. The molecule has 0 aliphatic carbocycles. The third-order valence-corrected chi connectivity index (χ3v) is 2.09. The molecule has 0 heterocycles. The Morgan fingerprint density at radius 3 is 2.75 bits per heavy atom. The first-order chi connectivity index (χ1) is 7.62. The van der Waals surface area contributed by atoms with Gasteiger partial charge in [0, 0.05) is 11.1 Å². The first kappa shape index (κ1) is 12.3. The van der Waals surface area contributed by atoms with Gasteiger partial charge < -0.3 is 9.47 Å². The molecular formula is C11H10ClNO3. The van der Waals surface area contributed by atoms with E-state index in [1.807, 2.05) is 6.07 Å². The van der Waals surface area contributed by atoms with Crippen LogP contribution < -0.4 is 9.47 Å². The molecule has 0 amide bonds. The van der Waals surface area contributed by atoms with Gasteiger partial charge in [-0.2, -0.15) is 5.26 Å². The summed E-state index contributed by atoms with van der Waals surface area (Å²) >= 11 is 5.79. The monoisotopic (exact) mass is 239 g/mol. The van der Waals surface area contributed by atoms with E-state index in [4.69, 9.17) is 26.3 Å². The highest BCUT2D eigenvalue weighted by Crippen LogP contribution is 2.34. The number of carbonyl (C=O) groups is 1. The third-order valence-electron chi connectivity index (χ3n) is 1.87. The summed E-state index contributed by atoms with van der Waals surface area (Å²) < 4.78 is 10.3. The summed E-state index contributed by atoms with van der Waals surface area (Å²) in [5.41, 5.74) is 0.256. The molecule has 4 nitrogen and oxygen atoms in total. The third kappa shape index (κ3) is 2.65. The van der Waals surface area contributed by atoms with Crippen molar-refractivity contribution in [3.8, 4) is 17.6 Å². The molecule has 0 saturated heterocycles. The number of ether oxygens (including phenoxy) is 2. The Bertz CT molecular complexity index is 440. The molecule has 1 aromatic carbocycles. The second kappa shape index (κ2) is 5.38. The van der Waals surface area contributed by atoms with Crippen LogP contribution in [0.3, 0.4) is 0 Å². The van der Waals surface area contributed by atoms with E-state index in [1.165, 1.54) is 19.2 Å². The summed E-state index contributed by atoms with van der Waals surface area (Å²) in [5, 5.41) is 9.02. The van der Waals surface area contributed by atoms with Crippen LogP contribution in [0.1, 0.15) is 17.3 Å². The molecule has 0 aliphatic rings. The number of hydrogen-bond acceptors (Lipinski definition) is 4. The molecule has 1 unspecified atom stereocenters. The predicted molar refractivity (Wildman–Crippen MR) is 59.1 cm³/mol. The van der Waals surface area contributed by atoms with Gasteiger partial charge in [-0.05, 0) is 13.0 Å². The van der Waals surface area contributed by atoms with Gasteiger partial charge in [0.1, 0.15) is 6.07 Å². The number of nitriles is 1. The minimum Gasteiger partial charge on any atom is -0.493 e. The zero-order chi connectivity index (χ0) is 12.1. The van der Waals surface area contributed by atoms with Crippen molar-refractivity contribution < 1.29 is 14.3 Å². The molecule has 84 valence electrons.